The van der Waals surface area contributed by atoms with Gasteiger partial charge in [-0.15, -0.1) is 0 Å². The lowest BCUT2D eigenvalue weighted by Crippen LogP contribution is -2.24. The van der Waals surface area contributed by atoms with Gasteiger partial charge in [0.25, 0.3) is 0 Å². The Kier molecular flexibility index (Phi) is 4.96. The third-order valence-electron chi connectivity index (χ3n) is 5.45. The molecule has 1 aliphatic heterocycles. The number of carbonyl (C=O) groups excluding carboxylic acids is 1. The van der Waals surface area contributed by atoms with Crippen LogP contribution in [0.1, 0.15) is 22.4 Å². The maximum Gasteiger partial charge on any atom is 0.247 e. The maximum atomic E-state index is 12.8. The van der Waals surface area contributed by atoms with Crippen molar-refractivity contribution in [1.29, 1.82) is 0 Å². The predicted molar refractivity (Wildman–Crippen MR) is 122 cm³/mol. The molecule has 0 atom stereocenters. The average molecular weight is 429 g/mol. The van der Waals surface area contributed by atoms with Gasteiger partial charge in [-0.25, -0.2) is 4.68 Å². The van der Waals surface area contributed by atoms with Crippen molar-refractivity contribution < 1.29 is 4.79 Å². The van der Waals surface area contributed by atoms with E-state index in [4.69, 9.17) is 16.7 Å². The van der Waals surface area contributed by atoms with Gasteiger partial charge in [-0.05, 0) is 54.5 Å². The van der Waals surface area contributed by atoms with Crippen molar-refractivity contribution in [2.24, 2.45) is 0 Å². The number of amides is 1. The number of halogens is 1. The quantitative estimate of drug-likeness (QED) is 0.420. The molecule has 5 rings (SSSR count). The fraction of sp³-hybridized carbons (Fsp3) is 0.120. The van der Waals surface area contributed by atoms with Crippen molar-refractivity contribution in [1.82, 2.24) is 19.2 Å². The van der Waals surface area contributed by atoms with Gasteiger partial charge in [-0.1, -0.05) is 41.9 Å². The van der Waals surface area contributed by atoms with Gasteiger partial charge in [0.1, 0.15) is 5.82 Å². The minimum absolute atomic E-state index is 0.0570. The van der Waals surface area contributed by atoms with Crippen LogP contribution in [0.25, 0.3) is 17.6 Å². The van der Waals surface area contributed by atoms with Crippen LogP contribution >= 0.6 is 11.6 Å². The highest BCUT2D eigenvalue weighted by Gasteiger charge is 2.30. The zero-order chi connectivity index (χ0) is 21.4. The first-order valence-electron chi connectivity index (χ1n) is 10.1. The average Bonchev–Trinajstić information content (AvgIpc) is 3.49. The lowest BCUT2D eigenvalue weighted by atomic mass is 10.2. The molecule has 154 valence electrons. The molecule has 31 heavy (non-hydrogen) atoms. The summed E-state index contributed by atoms with van der Waals surface area (Å²) >= 11 is 6.20. The van der Waals surface area contributed by atoms with Crippen molar-refractivity contribution in [3.8, 4) is 11.5 Å². The maximum absolute atomic E-state index is 12.8. The fourth-order valence-corrected chi connectivity index (χ4v) is 4.11. The van der Waals surface area contributed by atoms with Gasteiger partial charge >= 0.3 is 0 Å². The second kappa shape index (κ2) is 7.93. The number of aromatic nitrogens is 3. The molecule has 4 aromatic rings. The highest BCUT2D eigenvalue weighted by atomic mass is 35.5. The van der Waals surface area contributed by atoms with Gasteiger partial charge in [0.05, 0.1) is 24.5 Å². The molecular weight excluding hydrogens is 408 g/mol. The Balaban J connectivity index is 1.46. The van der Waals surface area contributed by atoms with E-state index in [0.29, 0.717) is 18.1 Å². The first-order valence-corrected chi connectivity index (χ1v) is 10.5. The molecule has 3 heterocycles. The van der Waals surface area contributed by atoms with Crippen LogP contribution in [0.2, 0.25) is 5.02 Å². The van der Waals surface area contributed by atoms with Crippen molar-refractivity contribution in [2.45, 2.75) is 20.0 Å². The summed E-state index contributed by atoms with van der Waals surface area (Å²) in [5, 5.41) is 5.51. The molecule has 0 radical (unpaired) electrons. The molecule has 0 fully saturated rings. The molecule has 0 bridgehead atoms. The molecule has 1 aliphatic rings. The summed E-state index contributed by atoms with van der Waals surface area (Å²) in [6.45, 7) is 3.07. The smallest absolute Gasteiger partial charge is 0.247 e. The topological polar surface area (TPSA) is 43.1 Å². The Labute approximate surface area is 185 Å². The molecule has 0 spiro atoms. The van der Waals surface area contributed by atoms with Crippen LogP contribution in [0.15, 0.2) is 79.1 Å². The van der Waals surface area contributed by atoms with E-state index in [1.165, 1.54) is 5.56 Å². The SMILES string of the molecule is Cc1cccc(-n2nc3c(c2-n2cccc2)CN(C(=O)/C=C/c2ccccc2Cl)C3)c1. The second-order valence-corrected chi connectivity index (χ2v) is 8.05. The zero-order valence-corrected chi connectivity index (χ0v) is 17.8. The van der Waals surface area contributed by atoms with E-state index in [2.05, 4.69) is 29.7 Å². The van der Waals surface area contributed by atoms with Gasteiger partial charge in [0, 0.05) is 29.1 Å². The van der Waals surface area contributed by atoms with E-state index < -0.39 is 0 Å². The molecule has 2 aromatic heterocycles. The van der Waals surface area contributed by atoms with Gasteiger partial charge in [0.2, 0.25) is 5.91 Å². The Morgan fingerprint density at radius 1 is 1.03 bits per heavy atom. The van der Waals surface area contributed by atoms with Crippen molar-refractivity contribution in [2.75, 3.05) is 0 Å². The Morgan fingerprint density at radius 3 is 2.61 bits per heavy atom. The molecule has 2 aromatic carbocycles. The molecule has 0 aliphatic carbocycles. The summed E-state index contributed by atoms with van der Waals surface area (Å²) in [7, 11) is 0. The first-order chi connectivity index (χ1) is 15.1. The molecule has 1 amide bonds. The van der Waals surface area contributed by atoms with Crippen LogP contribution in [0.5, 0.6) is 0 Å². The number of carbonyl (C=O) groups is 1. The highest BCUT2D eigenvalue weighted by Crippen LogP contribution is 2.31. The molecule has 0 saturated heterocycles. The highest BCUT2D eigenvalue weighted by molar-refractivity contribution is 6.32. The van der Waals surface area contributed by atoms with Gasteiger partial charge in [-0.3, -0.25) is 4.79 Å². The molecule has 0 N–H and O–H groups in total. The van der Waals surface area contributed by atoms with E-state index in [0.717, 1.165) is 28.3 Å². The lowest BCUT2D eigenvalue weighted by molar-refractivity contribution is -0.126. The van der Waals surface area contributed by atoms with Gasteiger partial charge < -0.3 is 9.47 Å². The summed E-state index contributed by atoms with van der Waals surface area (Å²) in [6.07, 6.45) is 7.36. The number of nitrogens with zero attached hydrogens (tertiary/aromatic N) is 4. The minimum atomic E-state index is -0.0570. The Bertz CT molecular complexity index is 1290. The predicted octanol–water partition coefficient (Wildman–Crippen LogP) is 5.18. The van der Waals surface area contributed by atoms with Crippen LogP contribution in [0.3, 0.4) is 0 Å². The standard InChI is InChI=1S/C25H21ClN4O/c1-18-7-6-9-20(15-18)30-25(28-13-4-5-14-28)21-16-29(17-23(21)27-30)24(31)12-11-19-8-2-3-10-22(19)26/h2-15H,16-17H2,1H3/b12-11+. The number of benzene rings is 2. The third-order valence-corrected chi connectivity index (χ3v) is 5.79. The number of hydrogen-bond acceptors (Lipinski definition) is 2. The minimum Gasteiger partial charge on any atom is -0.329 e. The molecule has 5 nitrogen and oxygen atoms in total. The zero-order valence-electron chi connectivity index (χ0n) is 17.1. The lowest BCUT2D eigenvalue weighted by Gasteiger charge is -2.16. The molecule has 0 saturated carbocycles. The van der Waals surface area contributed by atoms with E-state index in [-0.39, 0.29) is 5.91 Å². The van der Waals surface area contributed by atoms with Crippen LogP contribution < -0.4 is 0 Å². The van der Waals surface area contributed by atoms with Crippen LogP contribution in [-0.2, 0) is 17.9 Å². The summed E-state index contributed by atoms with van der Waals surface area (Å²) in [6, 6.07) is 19.7. The summed E-state index contributed by atoms with van der Waals surface area (Å²) in [4.78, 5) is 14.7. The monoisotopic (exact) mass is 428 g/mol. The third kappa shape index (κ3) is 3.68. The summed E-state index contributed by atoms with van der Waals surface area (Å²) in [5.41, 5.74) is 5.00. The molecule has 0 unspecified atom stereocenters. The van der Waals surface area contributed by atoms with E-state index in [1.54, 1.807) is 17.1 Å². The number of fused-ring (bicyclic) bond motifs is 1. The summed E-state index contributed by atoms with van der Waals surface area (Å²) in [5.74, 6) is 0.912. The van der Waals surface area contributed by atoms with Crippen molar-refractivity contribution in [3.05, 3.63) is 107 Å². The summed E-state index contributed by atoms with van der Waals surface area (Å²) < 4.78 is 4.03. The van der Waals surface area contributed by atoms with Gasteiger partial charge in [0.15, 0.2) is 0 Å². The van der Waals surface area contributed by atoms with Crippen molar-refractivity contribution >= 4 is 23.6 Å². The Morgan fingerprint density at radius 2 is 1.84 bits per heavy atom. The second-order valence-electron chi connectivity index (χ2n) is 7.64. The fourth-order valence-electron chi connectivity index (χ4n) is 3.92. The molecule has 6 heteroatoms. The largest absolute Gasteiger partial charge is 0.329 e. The van der Waals surface area contributed by atoms with Crippen LogP contribution in [0.4, 0.5) is 0 Å². The number of hydrogen-bond donors (Lipinski definition) is 0. The number of aryl methyl sites for hydroxylation is 1. The molecular formula is C25H21ClN4O. The van der Waals surface area contributed by atoms with Crippen LogP contribution in [-0.4, -0.2) is 25.2 Å². The van der Waals surface area contributed by atoms with E-state index in [1.807, 2.05) is 59.5 Å². The van der Waals surface area contributed by atoms with E-state index >= 15 is 0 Å². The Hall–Kier alpha value is -3.57. The normalized spacial score (nSPS) is 13.2. The van der Waals surface area contributed by atoms with Crippen LogP contribution in [0, 0.1) is 6.92 Å². The van der Waals surface area contributed by atoms with Crippen molar-refractivity contribution in [3.63, 3.8) is 0 Å². The van der Waals surface area contributed by atoms with Gasteiger partial charge in [-0.2, -0.15) is 5.10 Å². The number of rotatable bonds is 4. The first kappa shape index (κ1) is 19.4. The van der Waals surface area contributed by atoms with E-state index in [9.17, 15) is 4.79 Å².